The van der Waals surface area contributed by atoms with Crippen LogP contribution in [0.5, 0.6) is 0 Å². The average molecular weight is 435 g/mol. The molecule has 0 aliphatic carbocycles. The molecule has 160 valence electrons. The summed E-state index contributed by atoms with van der Waals surface area (Å²) < 4.78 is 13.8. The molecule has 9 heteroatoms. The van der Waals surface area contributed by atoms with Crippen LogP contribution in [0, 0.1) is 5.82 Å². The minimum atomic E-state index is -0.605. The van der Waals surface area contributed by atoms with Gasteiger partial charge in [0.2, 0.25) is 17.7 Å². The van der Waals surface area contributed by atoms with Crippen LogP contribution < -0.4 is 16.0 Å². The zero-order valence-electron chi connectivity index (χ0n) is 16.8. The molecule has 3 N–H and O–H groups in total. The van der Waals surface area contributed by atoms with Gasteiger partial charge in [0.05, 0.1) is 12.2 Å². The van der Waals surface area contributed by atoms with E-state index in [2.05, 4.69) is 16.0 Å². The number of nitrogens with one attached hydrogen (secondary N) is 3. The molecule has 0 saturated carbocycles. The molecule has 3 amide bonds. The molecule has 30 heavy (non-hydrogen) atoms. The fraction of sp³-hybridized carbons (Fsp3) is 0.286. The first-order chi connectivity index (χ1) is 14.3. The second-order valence-electron chi connectivity index (χ2n) is 6.60. The van der Waals surface area contributed by atoms with Gasteiger partial charge in [0.1, 0.15) is 5.82 Å². The summed E-state index contributed by atoms with van der Waals surface area (Å²) in [6.45, 7) is 4.31. The lowest BCUT2D eigenvalue weighted by Gasteiger charge is -2.19. The van der Waals surface area contributed by atoms with Crippen molar-refractivity contribution in [1.82, 2.24) is 4.90 Å². The molecular weight excluding hydrogens is 411 g/mol. The van der Waals surface area contributed by atoms with E-state index >= 15 is 0 Å². The second kappa shape index (κ2) is 11.3. The predicted molar refractivity (Wildman–Crippen MR) is 116 cm³/mol. The Morgan fingerprint density at radius 1 is 0.967 bits per heavy atom. The van der Waals surface area contributed by atoms with E-state index in [1.165, 1.54) is 19.1 Å². The van der Waals surface area contributed by atoms with Gasteiger partial charge < -0.3 is 16.0 Å². The van der Waals surface area contributed by atoms with Crippen LogP contribution in [0.2, 0.25) is 5.02 Å². The first kappa shape index (κ1) is 23.3. The fourth-order valence-corrected chi connectivity index (χ4v) is 2.81. The number of hydrogen-bond donors (Lipinski definition) is 3. The SMILES string of the molecule is CCN(CCC(=O)Nc1ccc(Cl)cc1F)CC(=O)Nc1ccc(NC(C)=O)cc1. The summed E-state index contributed by atoms with van der Waals surface area (Å²) in [7, 11) is 0. The number of benzene rings is 2. The molecule has 0 aliphatic heterocycles. The van der Waals surface area contributed by atoms with Crippen molar-refractivity contribution in [2.45, 2.75) is 20.3 Å². The Hall–Kier alpha value is -2.97. The van der Waals surface area contributed by atoms with Crippen LogP contribution in [0.3, 0.4) is 0 Å². The van der Waals surface area contributed by atoms with Crippen LogP contribution in [0.4, 0.5) is 21.5 Å². The molecule has 0 bridgehead atoms. The molecule has 0 heterocycles. The summed E-state index contributed by atoms with van der Waals surface area (Å²) >= 11 is 5.70. The lowest BCUT2D eigenvalue weighted by atomic mass is 10.2. The predicted octanol–water partition coefficient (Wildman–Crippen LogP) is 3.73. The lowest BCUT2D eigenvalue weighted by molar-refractivity contribution is -0.119. The van der Waals surface area contributed by atoms with E-state index in [0.29, 0.717) is 24.5 Å². The summed E-state index contributed by atoms with van der Waals surface area (Å²) in [5, 5.41) is 8.17. The number of nitrogens with zero attached hydrogens (tertiary/aromatic N) is 1. The number of hydrogen-bond acceptors (Lipinski definition) is 4. The number of halogens is 2. The van der Waals surface area contributed by atoms with Gasteiger partial charge >= 0.3 is 0 Å². The monoisotopic (exact) mass is 434 g/mol. The minimum Gasteiger partial charge on any atom is -0.326 e. The molecule has 0 aliphatic rings. The van der Waals surface area contributed by atoms with Gasteiger partial charge in [-0.3, -0.25) is 19.3 Å². The number of carbonyl (C=O) groups is 3. The maximum atomic E-state index is 13.8. The maximum Gasteiger partial charge on any atom is 0.238 e. The highest BCUT2D eigenvalue weighted by molar-refractivity contribution is 6.30. The number of anilines is 3. The normalized spacial score (nSPS) is 10.6. The van der Waals surface area contributed by atoms with Crippen LogP contribution in [0.25, 0.3) is 0 Å². The van der Waals surface area contributed by atoms with Crippen LogP contribution in [0.1, 0.15) is 20.3 Å². The van der Waals surface area contributed by atoms with Crippen molar-refractivity contribution >= 4 is 46.4 Å². The Labute approximate surface area is 179 Å². The number of likely N-dealkylation sites (N-methyl/N-ethyl adjacent to an activating group) is 1. The first-order valence-electron chi connectivity index (χ1n) is 9.41. The Balaban J connectivity index is 1.80. The van der Waals surface area contributed by atoms with E-state index in [9.17, 15) is 18.8 Å². The molecule has 2 aromatic rings. The largest absolute Gasteiger partial charge is 0.326 e. The molecular formula is C21H24ClFN4O3. The Morgan fingerprint density at radius 3 is 2.17 bits per heavy atom. The van der Waals surface area contributed by atoms with Crippen molar-refractivity contribution in [3.63, 3.8) is 0 Å². The molecule has 0 spiro atoms. The first-order valence-corrected chi connectivity index (χ1v) is 9.79. The van der Waals surface area contributed by atoms with Gasteiger partial charge in [-0.05, 0) is 49.0 Å². The quantitative estimate of drug-likeness (QED) is 0.561. The Kier molecular flexibility index (Phi) is 8.76. The topological polar surface area (TPSA) is 90.5 Å². The standard InChI is InChI=1S/C21H24ClFN4O3/c1-3-27(11-10-20(29)26-19-9-4-15(22)12-18(19)23)13-21(30)25-17-7-5-16(6-8-17)24-14(2)28/h4-9,12H,3,10-11,13H2,1-2H3,(H,24,28)(H,25,30)(H,26,29). The number of rotatable bonds is 9. The minimum absolute atomic E-state index is 0.0629. The van der Waals surface area contributed by atoms with E-state index in [-0.39, 0.29) is 41.4 Å². The van der Waals surface area contributed by atoms with E-state index in [1.54, 1.807) is 29.2 Å². The van der Waals surface area contributed by atoms with Gasteiger partial charge in [0.15, 0.2) is 0 Å². The van der Waals surface area contributed by atoms with Crippen molar-refractivity contribution in [2.75, 3.05) is 35.6 Å². The molecule has 0 atom stereocenters. The van der Waals surface area contributed by atoms with Gasteiger partial charge in [-0.1, -0.05) is 18.5 Å². The van der Waals surface area contributed by atoms with Gasteiger partial charge in [0, 0.05) is 36.3 Å². The zero-order valence-corrected chi connectivity index (χ0v) is 17.6. The number of carbonyl (C=O) groups excluding carboxylic acids is 3. The highest BCUT2D eigenvalue weighted by Crippen LogP contribution is 2.19. The third-order valence-corrected chi connectivity index (χ3v) is 4.40. The zero-order chi connectivity index (χ0) is 22.1. The van der Waals surface area contributed by atoms with Gasteiger partial charge in [-0.25, -0.2) is 4.39 Å². The van der Waals surface area contributed by atoms with E-state index in [4.69, 9.17) is 11.6 Å². The summed E-state index contributed by atoms with van der Waals surface area (Å²) in [6.07, 6.45) is 0.106. The summed E-state index contributed by atoms with van der Waals surface area (Å²) in [5.74, 6) is -1.36. The van der Waals surface area contributed by atoms with Crippen molar-refractivity contribution < 1.29 is 18.8 Å². The van der Waals surface area contributed by atoms with E-state index in [1.807, 2.05) is 6.92 Å². The summed E-state index contributed by atoms with van der Waals surface area (Å²) in [6, 6.07) is 10.8. The maximum absolute atomic E-state index is 13.8. The van der Waals surface area contributed by atoms with Gasteiger partial charge in [-0.2, -0.15) is 0 Å². The molecule has 7 nitrogen and oxygen atoms in total. The molecule has 0 fully saturated rings. The van der Waals surface area contributed by atoms with Crippen LogP contribution in [-0.2, 0) is 14.4 Å². The smallest absolute Gasteiger partial charge is 0.238 e. The third kappa shape index (κ3) is 7.81. The molecule has 0 unspecified atom stereocenters. The molecule has 2 aromatic carbocycles. The highest BCUT2D eigenvalue weighted by atomic mass is 35.5. The molecule has 0 saturated heterocycles. The lowest BCUT2D eigenvalue weighted by Crippen LogP contribution is -2.35. The molecule has 2 rings (SSSR count). The van der Waals surface area contributed by atoms with Crippen LogP contribution in [0.15, 0.2) is 42.5 Å². The van der Waals surface area contributed by atoms with Gasteiger partial charge in [-0.15, -0.1) is 0 Å². The van der Waals surface area contributed by atoms with E-state index in [0.717, 1.165) is 6.07 Å². The molecule has 0 radical (unpaired) electrons. The Morgan fingerprint density at radius 2 is 1.60 bits per heavy atom. The second-order valence-corrected chi connectivity index (χ2v) is 7.03. The van der Waals surface area contributed by atoms with Crippen LogP contribution >= 0.6 is 11.6 Å². The van der Waals surface area contributed by atoms with Crippen molar-refractivity contribution in [2.24, 2.45) is 0 Å². The van der Waals surface area contributed by atoms with Crippen molar-refractivity contribution in [1.29, 1.82) is 0 Å². The van der Waals surface area contributed by atoms with Gasteiger partial charge in [0.25, 0.3) is 0 Å². The molecule has 0 aromatic heterocycles. The van der Waals surface area contributed by atoms with E-state index < -0.39 is 5.82 Å². The summed E-state index contributed by atoms with van der Waals surface area (Å²) in [5.41, 5.74) is 1.30. The van der Waals surface area contributed by atoms with Crippen LogP contribution in [-0.4, -0.2) is 42.3 Å². The summed E-state index contributed by atoms with van der Waals surface area (Å²) in [4.78, 5) is 37.2. The Bertz CT molecular complexity index is 906. The van der Waals surface area contributed by atoms with Crippen molar-refractivity contribution in [3.05, 3.63) is 53.3 Å². The number of amides is 3. The fourth-order valence-electron chi connectivity index (χ4n) is 2.66. The average Bonchev–Trinajstić information content (AvgIpc) is 2.68. The van der Waals surface area contributed by atoms with Crippen molar-refractivity contribution in [3.8, 4) is 0 Å². The third-order valence-electron chi connectivity index (χ3n) is 4.16. The highest BCUT2D eigenvalue weighted by Gasteiger charge is 2.13.